The fraction of sp³-hybridized carbons (Fsp3) is 0.167. The lowest BCUT2D eigenvalue weighted by molar-refractivity contribution is -0.437. The van der Waals surface area contributed by atoms with Crippen molar-refractivity contribution in [3.63, 3.8) is 0 Å². The quantitative estimate of drug-likeness (QED) is 0.338. The molecular formula is C6H7N2+. The Morgan fingerprint density at radius 3 is 2.75 bits per heavy atom. The molecule has 2 heteroatoms. The first-order valence-electron chi connectivity index (χ1n) is 2.34. The van der Waals surface area contributed by atoms with Gasteiger partial charge in [0.25, 0.3) is 0 Å². The van der Waals surface area contributed by atoms with E-state index in [1.54, 1.807) is 16.7 Å². The van der Waals surface area contributed by atoms with E-state index >= 15 is 0 Å². The van der Waals surface area contributed by atoms with Crippen molar-refractivity contribution >= 4 is 5.87 Å². The maximum Gasteiger partial charge on any atom is 0.325 e. The summed E-state index contributed by atoms with van der Waals surface area (Å²) in [4.78, 5) is 0. The molecule has 0 aromatic rings. The largest absolute Gasteiger partial charge is 0.325 e. The van der Waals surface area contributed by atoms with Gasteiger partial charge >= 0.3 is 5.82 Å². The van der Waals surface area contributed by atoms with E-state index in [0.717, 1.165) is 0 Å². The van der Waals surface area contributed by atoms with Crippen LogP contribution in [-0.4, -0.2) is 17.5 Å². The predicted octanol–water partition coefficient (Wildman–Crippen LogP) is -0.177. The van der Waals surface area contributed by atoms with Crippen molar-refractivity contribution in [3.8, 4) is 0 Å². The fourth-order valence-corrected chi connectivity index (χ4v) is 0.442. The van der Waals surface area contributed by atoms with Crippen molar-refractivity contribution < 1.29 is 4.58 Å². The highest BCUT2D eigenvalue weighted by Crippen LogP contribution is 1.82. The normalized spacial score (nSPS) is 15.6. The van der Waals surface area contributed by atoms with Gasteiger partial charge < -0.3 is 0 Å². The zero-order chi connectivity index (χ0) is 5.98. The minimum absolute atomic E-state index is 0.604. The maximum atomic E-state index is 5.40. The lowest BCUT2D eigenvalue weighted by Gasteiger charge is -1.88. The highest BCUT2D eigenvalue weighted by atomic mass is 15.0. The van der Waals surface area contributed by atoms with Gasteiger partial charge in [-0.15, -0.1) is 0 Å². The number of nitrogens with two attached hydrogens (primary N) is 1. The molecule has 0 aromatic heterocycles. The summed E-state index contributed by atoms with van der Waals surface area (Å²) >= 11 is 0. The second-order valence-corrected chi connectivity index (χ2v) is 1.55. The van der Waals surface area contributed by atoms with Gasteiger partial charge in [-0.05, 0) is 11.8 Å². The molecule has 1 rings (SSSR count). The van der Waals surface area contributed by atoms with E-state index < -0.39 is 0 Å². The van der Waals surface area contributed by atoms with E-state index in [9.17, 15) is 0 Å². The summed E-state index contributed by atoms with van der Waals surface area (Å²) in [5, 5.41) is 0. The predicted molar refractivity (Wildman–Crippen MR) is 31.5 cm³/mol. The molecule has 0 unspecified atom stereocenters. The molecule has 0 aliphatic carbocycles. The molecule has 1 aliphatic rings. The summed E-state index contributed by atoms with van der Waals surface area (Å²) in [6.07, 6.45) is 3.49. The van der Waals surface area contributed by atoms with Crippen LogP contribution in [0.4, 0.5) is 0 Å². The van der Waals surface area contributed by atoms with Crippen LogP contribution in [0.15, 0.2) is 23.7 Å². The van der Waals surface area contributed by atoms with Gasteiger partial charge in [0.1, 0.15) is 0 Å². The third-order valence-corrected chi connectivity index (χ3v) is 0.944. The molecule has 1 aliphatic heterocycles. The van der Waals surface area contributed by atoms with Gasteiger partial charge in [0.05, 0.1) is 12.9 Å². The SMILES string of the molecule is C[N+]1=C=CC=C=C1N. The van der Waals surface area contributed by atoms with Crippen LogP contribution in [0.1, 0.15) is 0 Å². The number of allylic oxidation sites excluding steroid dienone is 2. The van der Waals surface area contributed by atoms with Crippen molar-refractivity contribution in [2.45, 2.75) is 0 Å². The lowest BCUT2D eigenvalue weighted by atomic mass is 10.5. The van der Waals surface area contributed by atoms with Crippen molar-refractivity contribution in [2.75, 3.05) is 7.05 Å². The molecule has 0 saturated carbocycles. The summed E-state index contributed by atoms with van der Waals surface area (Å²) in [7, 11) is 1.83. The fourth-order valence-electron chi connectivity index (χ4n) is 0.442. The molecule has 0 atom stereocenters. The zero-order valence-corrected chi connectivity index (χ0v) is 4.68. The molecule has 40 valence electrons. The maximum absolute atomic E-state index is 5.40. The van der Waals surface area contributed by atoms with Crippen molar-refractivity contribution in [2.24, 2.45) is 5.73 Å². The second-order valence-electron chi connectivity index (χ2n) is 1.55. The summed E-state index contributed by atoms with van der Waals surface area (Å²) in [6.45, 7) is 0. The standard InChI is InChI=1S/C6H7N2/c1-8-5-3-2-4-6(8)7/h2-3H,7H2,1H3/q+1. The molecule has 0 radical (unpaired) electrons. The summed E-state index contributed by atoms with van der Waals surface area (Å²) in [5.74, 6) is 3.46. The zero-order valence-electron chi connectivity index (χ0n) is 4.68. The summed E-state index contributed by atoms with van der Waals surface area (Å²) in [5.41, 5.74) is 8.20. The Hall–Kier alpha value is -1.23. The molecule has 0 saturated heterocycles. The van der Waals surface area contributed by atoms with E-state index in [1.807, 2.05) is 7.05 Å². The molecule has 1 heterocycles. The number of rotatable bonds is 0. The van der Waals surface area contributed by atoms with Crippen LogP contribution < -0.4 is 5.73 Å². The van der Waals surface area contributed by atoms with Gasteiger partial charge in [-0.2, -0.15) is 4.58 Å². The van der Waals surface area contributed by atoms with Gasteiger partial charge in [0.2, 0.25) is 0 Å². The first-order chi connectivity index (χ1) is 3.80. The van der Waals surface area contributed by atoms with Crippen molar-refractivity contribution in [1.29, 1.82) is 0 Å². The van der Waals surface area contributed by atoms with E-state index in [2.05, 4.69) is 11.6 Å². The van der Waals surface area contributed by atoms with E-state index in [0.29, 0.717) is 5.82 Å². The smallest absolute Gasteiger partial charge is 0.279 e. The highest BCUT2D eigenvalue weighted by Gasteiger charge is 1.95. The second kappa shape index (κ2) is 1.71. The molecule has 0 bridgehead atoms. The number of nitrogens with zero attached hydrogens (tertiary/aromatic N) is 1. The van der Waals surface area contributed by atoms with Gasteiger partial charge in [-0.3, -0.25) is 5.73 Å². The van der Waals surface area contributed by atoms with Crippen LogP contribution in [0.3, 0.4) is 0 Å². The van der Waals surface area contributed by atoms with Crippen LogP contribution in [0.5, 0.6) is 0 Å². The molecule has 0 aromatic carbocycles. The van der Waals surface area contributed by atoms with Crippen molar-refractivity contribution in [1.82, 2.24) is 0 Å². The number of hydrogen-bond donors (Lipinski definition) is 1. The van der Waals surface area contributed by atoms with Gasteiger partial charge in [0.15, 0.2) is 0 Å². The third-order valence-electron chi connectivity index (χ3n) is 0.944. The Morgan fingerprint density at radius 2 is 2.38 bits per heavy atom. The Bertz CT molecular complexity index is 197. The minimum atomic E-state index is 0.604. The topological polar surface area (TPSA) is 29.0 Å². The van der Waals surface area contributed by atoms with Crippen LogP contribution in [0.25, 0.3) is 0 Å². The molecule has 2 nitrogen and oxygen atoms in total. The Labute approximate surface area is 47.9 Å². The summed E-state index contributed by atoms with van der Waals surface area (Å²) in [6, 6.07) is 0. The lowest BCUT2D eigenvalue weighted by Crippen LogP contribution is -2.12. The summed E-state index contributed by atoms with van der Waals surface area (Å²) < 4.78 is 1.68. The van der Waals surface area contributed by atoms with Crippen LogP contribution in [0.2, 0.25) is 0 Å². The van der Waals surface area contributed by atoms with Gasteiger partial charge in [-0.25, -0.2) is 0 Å². The Kier molecular flexibility index (Phi) is 1.05. The molecule has 0 amide bonds. The first-order valence-corrected chi connectivity index (χ1v) is 2.34. The molecule has 2 N–H and O–H groups in total. The molecule has 0 spiro atoms. The average Bonchev–Trinajstić information content (AvgIpc) is 1.77. The first kappa shape index (κ1) is 4.92. The van der Waals surface area contributed by atoms with E-state index in [4.69, 9.17) is 5.73 Å². The van der Waals surface area contributed by atoms with Crippen LogP contribution >= 0.6 is 0 Å². The van der Waals surface area contributed by atoms with Gasteiger partial charge in [-0.1, -0.05) is 0 Å². The minimum Gasteiger partial charge on any atom is -0.279 e. The molecular weight excluding hydrogens is 100 g/mol. The third kappa shape index (κ3) is 0.710. The Balaban J connectivity index is 3.10. The van der Waals surface area contributed by atoms with Gasteiger partial charge in [0, 0.05) is 6.08 Å². The number of hydrogen-bond acceptors (Lipinski definition) is 1. The molecule has 8 heavy (non-hydrogen) atoms. The molecule has 0 fully saturated rings. The highest BCUT2D eigenvalue weighted by molar-refractivity contribution is 5.50. The average molecular weight is 107 g/mol. The van der Waals surface area contributed by atoms with E-state index in [-0.39, 0.29) is 0 Å². The van der Waals surface area contributed by atoms with E-state index in [1.165, 1.54) is 0 Å². The Morgan fingerprint density at radius 1 is 1.62 bits per heavy atom. The van der Waals surface area contributed by atoms with Crippen molar-refractivity contribution in [3.05, 3.63) is 23.7 Å². The van der Waals surface area contributed by atoms with Crippen LogP contribution in [-0.2, 0) is 0 Å². The monoisotopic (exact) mass is 107 g/mol. The van der Waals surface area contributed by atoms with Crippen LogP contribution in [0, 0.1) is 0 Å².